The van der Waals surface area contributed by atoms with Crippen molar-refractivity contribution in [3.05, 3.63) is 48.3 Å². The van der Waals surface area contributed by atoms with Crippen LogP contribution in [-0.4, -0.2) is 29.8 Å². The van der Waals surface area contributed by atoms with E-state index in [2.05, 4.69) is 29.9 Å². The molecule has 0 spiro atoms. The summed E-state index contributed by atoms with van der Waals surface area (Å²) in [4.78, 5) is 12.4. The molecule has 0 aliphatic heterocycles. The maximum Gasteiger partial charge on any atom is 0.199 e. The SMILES string of the molecule is Nc1nonc1-c1nc2c(F)cccc2n1Cc1ccncn1. The summed E-state index contributed by atoms with van der Waals surface area (Å²) in [5.41, 5.74) is 7.57. The number of para-hydroxylation sites is 1. The van der Waals surface area contributed by atoms with Crippen LogP contribution in [0.15, 0.2) is 41.4 Å². The lowest BCUT2D eigenvalue weighted by Gasteiger charge is -2.07. The first-order valence-corrected chi connectivity index (χ1v) is 6.72. The van der Waals surface area contributed by atoms with Gasteiger partial charge in [-0.05, 0) is 28.5 Å². The average Bonchev–Trinajstić information content (AvgIpc) is 3.13. The van der Waals surface area contributed by atoms with Crippen molar-refractivity contribution in [1.82, 2.24) is 29.8 Å². The van der Waals surface area contributed by atoms with Crippen LogP contribution in [0.25, 0.3) is 22.6 Å². The summed E-state index contributed by atoms with van der Waals surface area (Å²) in [5.74, 6) is 0.0207. The molecule has 9 heteroatoms. The van der Waals surface area contributed by atoms with E-state index in [9.17, 15) is 4.39 Å². The molecule has 3 heterocycles. The fourth-order valence-electron chi connectivity index (χ4n) is 2.38. The molecule has 3 aromatic heterocycles. The summed E-state index contributed by atoms with van der Waals surface area (Å²) in [5, 5.41) is 7.32. The molecule has 4 aromatic rings. The second-order valence-corrected chi connectivity index (χ2v) is 4.83. The Kier molecular flexibility index (Phi) is 2.97. The molecule has 0 aliphatic rings. The summed E-state index contributed by atoms with van der Waals surface area (Å²) in [6, 6.07) is 6.49. The molecule has 2 N–H and O–H groups in total. The van der Waals surface area contributed by atoms with Gasteiger partial charge in [0.2, 0.25) is 0 Å². The van der Waals surface area contributed by atoms with Crippen LogP contribution in [0.1, 0.15) is 5.69 Å². The van der Waals surface area contributed by atoms with Gasteiger partial charge in [0.25, 0.3) is 0 Å². The van der Waals surface area contributed by atoms with Gasteiger partial charge in [-0.25, -0.2) is 24.0 Å². The Bertz CT molecular complexity index is 979. The Morgan fingerprint density at radius 2 is 2.13 bits per heavy atom. The quantitative estimate of drug-likeness (QED) is 0.612. The highest BCUT2D eigenvalue weighted by Crippen LogP contribution is 2.28. The summed E-state index contributed by atoms with van der Waals surface area (Å²) in [7, 11) is 0. The van der Waals surface area contributed by atoms with Crippen molar-refractivity contribution in [2.24, 2.45) is 0 Å². The number of anilines is 1. The van der Waals surface area contributed by atoms with Gasteiger partial charge >= 0.3 is 0 Å². The van der Waals surface area contributed by atoms with Crippen LogP contribution in [0, 0.1) is 5.82 Å². The first-order chi connectivity index (χ1) is 11.2. The predicted octanol–water partition coefficient (Wildman–Crippen LogP) is 1.65. The Morgan fingerprint density at radius 3 is 2.87 bits per heavy atom. The first-order valence-electron chi connectivity index (χ1n) is 6.72. The van der Waals surface area contributed by atoms with E-state index < -0.39 is 5.82 Å². The summed E-state index contributed by atoms with van der Waals surface area (Å²) < 4.78 is 20.5. The molecular weight excluding hydrogens is 301 g/mol. The molecule has 4 rings (SSSR count). The van der Waals surface area contributed by atoms with Gasteiger partial charge in [0, 0.05) is 6.20 Å². The van der Waals surface area contributed by atoms with Gasteiger partial charge in [0.05, 0.1) is 17.8 Å². The number of halogens is 1. The number of fused-ring (bicyclic) bond motifs is 1. The van der Waals surface area contributed by atoms with Crippen LogP contribution >= 0.6 is 0 Å². The number of hydrogen-bond acceptors (Lipinski definition) is 7. The van der Waals surface area contributed by atoms with Crippen molar-refractivity contribution in [1.29, 1.82) is 0 Å². The Labute approximate surface area is 128 Å². The number of rotatable bonds is 3. The highest BCUT2D eigenvalue weighted by molar-refractivity contribution is 5.82. The number of benzene rings is 1. The fraction of sp³-hybridized carbons (Fsp3) is 0.0714. The molecular formula is C14H10FN7O. The lowest BCUT2D eigenvalue weighted by atomic mass is 10.3. The second-order valence-electron chi connectivity index (χ2n) is 4.83. The van der Waals surface area contributed by atoms with Crippen LogP contribution in [0.3, 0.4) is 0 Å². The molecule has 0 saturated heterocycles. The third-order valence-corrected chi connectivity index (χ3v) is 3.42. The summed E-state index contributed by atoms with van der Waals surface area (Å²) >= 11 is 0. The minimum Gasteiger partial charge on any atom is -0.379 e. The van der Waals surface area contributed by atoms with Crippen molar-refractivity contribution < 1.29 is 9.02 Å². The normalized spacial score (nSPS) is 11.2. The van der Waals surface area contributed by atoms with E-state index in [0.717, 1.165) is 5.69 Å². The molecule has 0 fully saturated rings. The zero-order valence-corrected chi connectivity index (χ0v) is 11.7. The fourth-order valence-corrected chi connectivity index (χ4v) is 2.38. The minimum absolute atomic E-state index is 0.0876. The topological polar surface area (TPSA) is 109 Å². The van der Waals surface area contributed by atoms with Crippen LogP contribution in [-0.2, 0) is 6.54 Å². The van der Waals surface area contributed by atoms with Crippen LogP contribution in [0.5, 0.6) is 0 Å². The van der Waals surface area contributed by atoms with Crippen molar-refractivity contribution in [2.75, 3.05) is 5.73 Å². The van der Waals surface area contributed by atoms with E-state index in [4.69, 9.17) is 5.73 Å². The van der Waals surface area contributed by atoms with Crippen LogP contribution < -0.4 is 5.73 Å². The zero-order valence-electron chi connectivity index (χ0n) is 11.7. The standard InChI is InChI=1S/C14H10FN7O/c15-9-2-1-3-10-11(9)19-14(12-13(16)21-23-20-12)22(10)6-8-4-5-17-7-18-8/h1-5,7H,6H2,(H2,16,21). The van der Waals surface area contributed by atoms with Crippen LogP contribution in [0.4, 0.5) is 10.2 Å². The Balaban J connectivity index is 1.96. The van der Waals surface area contributed by atoms with Crippen molar-refractivity contribution in [3.63, 3.8) is 0 Å². The molecule has 23 heavy (non-hydrogen) atoms. The molecule has 0 radical (unpaired) electrons. The number of aromatic nitrogens is 6. The van der Waals surface area contributed by atoms with Gasteiger partial charge in [-0.2, -0.15) is 0 Å². The molecule has 8 nitrogen and oxygen atoms in total. The molecule has 0 unspecified atom stereocenters. The van der Waals surface area contributed by atoms with Gasteiger partial charge < -0.3 is 10.3 Å². The molecule has 0 amide bonds. The third kappa shape index (κ3) is 2.18. The van der Waals surface area contributed by atoms with E-state index in [-0.39, 0.29) is 17.0 Å². The highest BCUT2D eigenvalue weighted by atomic mass is 19.1. The predicted molar refractivity (Wildman–Crippen MR) is 78.5 cm³/mol. The molecule has 0 bridgehead atoms. The highest BCUT2D eigenvalue weighted by Gasteiger charge is 2.21. The third-order valence-electron chi connectivity index (χ3n) is 3.42. The minimum atomic E-state index is -0.430. The van der Waals surface area contributed by atoms with Gasteiger partial charge in [-0.15, -0.1) is 0 Å². The molecule has 1 aromatic carbocycles. The maximum atomic E-state index is 14.1. The van der Waals surface area contributed by atoms with Crippen molar-refractivity contribution in [2.45, 2.75) is 6.54 Å². The van der Waals surface area contributed by atoms with Gasteiger partial charge in [-0.1, -0.05) is 6.07 Å². The number of imidazole rings is 1. The Hall–Kier alpha value is -3.36. The lowest BCUT2D eigenvalue weighted by Crippen LogP contribution is -2.05. The van der Waals surface area contributed by atoms with E-state index in [1.165, 1.54) is 12.4 Å². The van der Waals surface area contributed by atoms with Gasteiger partial charge in [-0.3, -0.25) is 0 Å². The zero-order chi connectivity index (χ0) is 15.8. The maximum absolute atomic E-state index is 14.1. The second kappa shape index (κ2) is 5.13. The van der Waals surface area contributed by atoms with E-state index in [1.54, 1.807) is 29.0 Å². The molecule has 114 valence electrons. The van der Waals surface area contributed by atoms with E-state index in [0.29, 0.717) is 17.9 Å². The van der Waals surface area contributed by atoms with Crippen molar-refractivity contribution >= 4 is 16.9 Å². The number of nitrogens with two attached hydrogens (primary N) is 1. The average molecular weight is 311 g/mol. The lowest BCUT2D eigenvalue weighted by molar-refractivity contribution is 0.310. The van der Waals surface area contributed by atoms with E-state index in [1.807, 2.05) is 0 Å². The van der Waals surface area contributed by atoms with Crippen LogP contribution in [0.2, 0.25) is 0 Å². The summed E-state index contributed by atoms with van der Waals surface area (Å²) in [6.07, 6.45) is 3.08. The molecule has 0 saturated carbocycles. The number of nitrogens with zero attached hydrogens (tertiary/aromatic N) is 6. The van der Waals surface area contributed by atoms with Gasteiger partial charge in [0.15, 0.2) is 23.2 Å². The first kappa shape index (κ1) is 13.3. The smallest absolute Gasteiger partial charge is 0.199 e. The van der Waals surface area contributed by atoms with E-state index >= 15 is 0 Å². The number of nitrogen functional groups attached to an aromatic ring is 1. The monoisotopic (exact) mass is 311 g/mol. The Morgan fingerprint density at radius 1 is 1.22 bits per heavy atom. The van der Waals surface area contributed by atoms with Gasteiger partial charge in [0.1, 0.15) is 11.8 Å². The number of hydrogen-bond donors (Lipinski definition) is 1. The van der Waals surface area contributed by atoms with Crippen molar-refractivity contribution in [3.8, 4) is 11.5 Å². The molecule has 0 aliphatic carbocycles. The summed E-state index contributed by atoms with van der Waals surface area (Å²) in [6.45, 7) is 0.351. The largest absolute Gasteiger partial charge is 0.379 e. The molecule has 0 atom stereocenters.